The lowest BCUT2D eigenvalue weighted by Gasteiger charge is -2.13. The number of aromatic nitrogens is 3. The van der Waals surface area contributed by atoms with Gasteiger partial charge >= 0.3 is 0 Å². The summed E-state index contributed by atoms with van der Waals surface area (Å²) in [6.07, 6.45) is 8.59. The van der Waals surface area contributed by atoms with Crippen LogP contribution in [0.5, 0.6) is 0 Å². The van der Waals surface area contributed by atoms with Gasteiger partial charge in [0.25, 0.3) is 0 Å². The average molecular weight is 285 g/mol. The third-order valence-electron chi connectivity index (χ3n) is 3.83. The summed E-state index contributed by atoms with van der Waals surface area (Å²) in [6, 6.07) is 2.00. The molecular weight excluding hydrogens is 266 g/mol. The van der Waals surface area contributed by atoms with Crippen LogP contribution in [-0.4, -0.2) is 25.6 Å². The summed E-state index contributed by atoms with van der Waals surface area (Å²) in [5, 5.41) is 12.2. The van der Waals surface area contributed by atoms with Gasteiger partial charge in [0.2, 0.25) is 0 Å². The Labute approximate surface area is 123 Å². The van der Waals surface area contributed by atoms with E-state index in [1.54, 1.807) is 6.20 Å². The van der Waals surface area contributed by atoms with Crippen molar-refractivity contribution in [2.45, 2.75) is 39.0 Å². The number of hydrogen-bond acceptors (Lipinski definition) is 4. The zero-order valence-corrected chi connectivity index (χ0v) is 12.1. The zero-order valence-electron chi connectivity index (χ0n) is 12.1. The molecule has 6 nitrogen and oxygen atoms in total. The molecule has 6 heteroatoms. The van der Waals surface area contributed by atoms with Gasteiger partial charge in [-0.2, -0.15) is 0 Å². The van der Waals surface area contributed by atoms with Crippen LogP contribution in [0.1, 0.15) is 42.4 Å². The Hall–Kier alpha value is -2.37. The monoisotopic (exact) mass is 285 g/mol. The molecule has 110 valence electrons. The fourth-order valence-corrected chi connectivity index (χ4v) is 2.82. The van der Waals surface area contributed by atoms with Gasteiger partial charge in [0.05, 0.1) is 5.56 Å². The molecule has 1 aliphatic carbocycles. The number of oxime groups is 1. The van der Waals surface area contributed by atoms with E-state index in [9.17, 15) is 0 Å². The number of amidine groups is 1. The third kappa shape index (κ3) is 2.37. The average Bonchev–Trinajstić information content (AvgIpc) is 3.13. The molecule has 2 heterocycles. The second-order valence-corrected chi connectivity index (χ2v) is 5.27. The van der Waals surface area contributed by atoms with Crippen molar-refractivity contribution in [3.8, 4) is 5.82 Å². The van der Waals surface area contributed by atoms with Crippen molar-refractivity contribution in [2.24, 2.45) is 10.9 Å². The lowest BCUT2D eigenvalue weighted by molar-refractivity contribution is 0.318. The SMILES string of the molecule is CCCc1nccn1-c1nc2c(cc1C(N)=NO)CCC2. The summed E-state index contributed by atoms with van der Waals surface area (Å²) in [5.74, 6) is 1.73. The van der Waals surface area contributed by atoms with Crippen molar-refractivity contribution in [1.29, 1.82) is 0 Å². The summed E-state index contributed by atoms with van der Waals surface area (Å²) in [7, 11) is 0. The summed E-state index contributed by atoms with van der Waals surface area (Å²) in [4.78, 5) is 9.14. The van der Waals surface area contributed by atoms with E-state index in [-0.39, 0.29) is 5.84 Å². The van der Waals surface area contributed by atoms with Crippen molar-refractivity contribution >= 4 is 5.84 Å². The number of nitrogens with zero attached hydrogens (tertiary/aromatic N) is 4. The molecule has 2 aromatic heterocycles. The molecule has 1 aliphatic rings. The van der Waals surface area contributed by atoms with E-state index in [1.807, 2.05) is 16.8 Å². The minimum absolute atomic E-state index is 0.0864. The Morgan fingerprint density at radius 3 is 3.10 bits per heavy atom. The van der Waals surface area contributed by atoms with Gasteiger partial charge in [0, 0.05) is 24.5 Å². The van der Waals surface area contributed by atoms with Crippen molar-refractivity contribution in [2.75, 3.05) is 0 Å². The van der Waals surface area contributed by atoms with Crippen LogP contribution in [0, 0.1) is 0 Å². The molecule has 3 N–H and O–H groups in total. The fraction of sp³-hybridized carbons (Fsp3) is 0.400. The van der Waals surface area contributed by atoms with Crippen LogP contribution in [-0.2, 0) is 19.3 Å². The lowest BCUT2D eigenvalue weighted by Crippen LogP contribution is -2.19. The van der Waals surface area contributed by atoms with Gasteiger partial charge in [0.1, 0.15) is 11.6 Å². The highest BCUT2D eigenvalue weighted by Crippen LogP contribution is 2.25. The Bertz CT molecular complexity index is 689. The molecule has 0 atom stereocenters. The molecule has 0 saturated heterocycles. The van der Waals surface area contributed by atoms with Gasteiger partial charge < -0.3 is 10.9 Å². The zero-order chi connectivity index (χ0) is 14.8. The summed E-state index contributed by atoms with van der Waals surface area (Å²) >= 11 is 0. The quantitative estimate of drug-likeness (QED) is 0.388. The van der Waals surface area contributed by atoms with Crippen LogP contribution < -0.4 is 5.73 Å². The topological polar surface area (TPSA) is 89.3 Å². The molecule has 0 aromatic carbocycles. The highest BCUT2D eigenvalue weighted by Gasteiger charge is 2.20. The number of nitrogens with two attached hydrogens (primary N) is 1. The van der Waals surface area contributed by atoms with Crippen molar-refractivity contribution in [1.82, 2.24) is 14.5 Å². The smallest absolute Gasteiger partial charge is 0.173 e. The van der Waals surface area contributed by atoms with E-state index in [1.165, 1.54) is 5.56 Å². The standard InChI is InChI=1S/C15H19N5O/c1-2-4-13-17-7-8-20(13)15-11(14(16)19-21)9-10-5-3-6-12(10)18-15/h7-9,21H,2-6H2,1H3,(H2,16,19). The van der Waals surface area contributed by atoms with E-state index in [2.05, 4.69) is 17.1 Å². The van der Waals surface area contributed by atoms with Gasteiger partial charge in [-0.1, -0.05) is 12.1 Å². The normalized spacial score (nSPS) is 14.4. The predicted octanol–water partition coefficient (Wildman–Crippen LogP) is 1.80. The Morgan fingerprint density at radius 2 is 2.33 bits per heavy atom. The second kappa shape index (κ2) is 5.55. The molecule has 0 radical (unpaired) electrons. The molecule has 0 spiro atoms. The van der Waals surface area contributed by atoms with E-state index in [0.29, 0.717) is 11.4 Å². The number of imidazole rings is 1. The molecule has 21 heavy (non-hydrogen) atoms. The highest BCUT2D eigenvalue weighted by atomic mass is 16.4. The van der Waals surface area contributed by atoms with Crippen LogP contribution >= 0.6 is 0 Å². The number of hydrogen-bond donors (Lipinski definition) is 2. The van der Waals surface area contributed by atoms with Crippen molar-refractivity contribution in [3.63, 3.8) is 0 Å². The maximum atomic E-state index is 9.04. The van der Waals surface area contributed by atoms with E-state index in [0.717, 1.165) is 43.6 Å². The third-order valence-corrected chi connectivity index (χ3v) is 3.83. The van der Waals surface area contributed by atoms with E-state index < -0.39 is 0 Å². The highest BCUT2D eigenvalue weighted by molar-refractivity contribution is 6.00. The number of fused-ring (bicyclic) bond motifs is 1. The van der Waals surface area contributed by atoms with Crippen LogP contribution in [0.3, 0.4) is 0 Å². The predicted molar refractivity (Wildman–Crippen MR) is 79.9 cm³/mol. The first-order valence-corrected chi connectivity index (χ1v) is 7.28. The minimum Gasteiger partial charge on any atom is -0.409 e. The Balaban J connectivity index is 2.18. The minimum atomic E-state index is 0.0864. The second-order valence-electron chi connectivity index (χ2n) is 5.27. The van der Waals surface area contributed by atoms with Gasteiger partial charge in [-0.05, 0) is 37.3 Å². The van der Waals surface area contributed by atoms with Crippen LogP contribution in [0.15, 0.2) is 23.6 Å². The first-order chi connectivity index (χ1) is 10.2. The number of pyridine rings is 1. The molecule has 0 unspecified atom stereocenters. The summed E-state index contributed by atoms with van der Waals surface area (Å²) in [5.41, 5.74) is 8.81. The van der Waals surface area contributed by atoms with Gasteiger partial charge in [-0.15, -0.1) is 0 Å². The Morgan fingerprint density at radius 1 is 1.48 bits per heavy atom. The number of aryl methyl sites for hydroxylation is 3. The molecule has 3 rings (SSSR count). The summed E-state index contributed by atoms with van der Waals surface area (Å²) < 4.78 is 1.94. The van der Waals surface area contributed by atoms with Gasteiger partial charge in [-0.25, -0.2) is 9.97 Å². The largest absolute Gasteiger partial charge is 0.409 e. The molecule has 0 aliphatic heterocycles. The lowest BCUT2D eigenvalue weighted by atomic mass is 10.1. The number of rotatable bonds is 4. The van der Waals surface area contributed by atoms with Crippen LogP contribution in [0.4, 0.5) is 0 Å². The fourth-order valence-electron chi connectivity index (χ4n) is 2.82. The first kappa shape index (κ1) is 13.6. The van der Waals surface area contributed by atoms with Crippen LogP contribution in [0.25, 0.3) is 5.82 Å². The molecule has 0 bridgehead atoms. The summed E-state index contributed by atoms with van der Waals surface area (Å²) in [6.45, 7) is 2.11. The van der Waals surface area contributed by atoms with E-state index in [4.69, 9.17) is 15.9 Å². The van der Waals surface area contributed by atoms with Gasteiger partial charge in [0.15, 0.2) is 5.84 Å². The first-order valence-electron chi connectivity index (χ1n) is 7.28. The molecule has 2 aromatic rings. The maximum absolute atomic E-state index is 9.04. The van der Waals surface area contributed by atoms with Crippen molar-refractivity contribution < 1.29 is 5.21 Å². The molecule has 0 saturated carbocycles. The molecule has 0 fully saturated rings. The van der Waals surface area contributed by atoms with E-state index >= 15 is 0 Å². The maximum Gasteiger partial charge on any atom is 0.173 e. The van der Waals surface area contributed by atoms with Gasteiger partial charge in [-0.3, -0.25) is 4.57 Å². The molecule has 0 amide bonds. The van der Waals surface area contributed by atoms with Crippen molar-refractivity contribution in [3.05, 3.63) is 41.1 Å². The molecular formula is C15H19N5O. The van der Waals surface area contributed by atoms with Crippen LogP contribution in [0.2, 0.25) is 0 Å². The Kier molecular flexibility index (Phi) is 3.60.